The standard InChI is InChI=1S/C12H15N3O2S/c13-11(18)7-2-1-3-9(7)15-12(17)8-6-14-5-4-10(8)16/h4-7,9H,1-3H2,(H2,13,18)(H,14,16)(H,15,17). The van der Waals surface area contributed by atoms with Crippen molar-refractivity contribution in [3.05, 3.63) is 34.2 Å². The van der Waals surface area contributed by atoms with Crippen LogP contribution in [0.1, 0.15) is 29.6 Å². The molecule has 18 heavy (non-hydrogen) atoms. The quantitative estimate of drug-likeness (QED) is 0.697. The number of carbonyl (C=O) groups excluding carboxylic acids is 1. The third kappa shape index (κ3) is 2.59. The molecule has 4 N–H and O–H groups in total. The Labute approximate surface area is 110 Å². The number of carbonyl (C=O) groups is 1. The van der Waals surface area contributed by atoms with E-state index in [0.717, 1.165) is 19.3 Å². The van der Waals surface area contributed by atoms with Gasteiger partial charge in [0.15, 0.2) is 5.43 Å². The first-order chi connectivity index (χ1) is 8.59. The van der Waals surface area contributed by atoms with E-state index in [-0.39, 0.29) is 28.9 Å². The molecule has 0 aliphatic heterocycles. The monoisotopic (exact) mass is 265 g/mol. The second kappa shape index (κ2) is 5.30. The number of aromatic nitrogens is 1. The normalized spacial score (nSPS) is 22.7. The molecule has 2 unspecified atom stereocenters. The first-order valence-electron chi connectivity index (χ1n) is 5.87. The van der Waals surface area contributed by atoms with Crippen molar-refractivity contribution in [2.45, 2.75) is 25.3 Å². The summed E-state index contributed by atoms with van der Waals surface area (Å²) in [5.74, 6) is -0.336. The lowest BCUT2D eigenvalue weighted by Crippen LogP contribution is -2.42. The minimum absolute atomic E-state index is 0.0340. The summed E-state index contributed by atoms with van der Waals surface area (Å²) in [5, 5.41) is 2.84. The number of nitrogens with two attached hydrogens (primary N) is 1. The number of thiocarbonyl (C=S) groups is 1. The lowest BCUT2D eigenvalue weighted by Gasteiger charge is -2.19. The van der Waals surface area contributed by atoms with Crippen LogP contribution in [-0.2, 0) is 0 Å². The van der Waals surface area contributed by atoms with Gasteiger partial charge in [-0.05, 0) is 12.8 Å². The Bertz CT molecular complexity index is 526. The number of pyridine rings is 1. The molecule has 1 amide bonds. The van der Waals surface area contributed by atoms with Crippen molar-refractivity contribution < 1.29 is 4.79 Å². The zero-order valence-corrected chi connectivity index (χ0v) is 10.6. The fourth-order valence-electron chi connectivity index (χ4n) is 2.31. The Balaban J connectivity index is 2.10. The van der Waals surface area contributed by atoms with E-state index in [0.29, 0.717) is 4.99 Å². The van der Waals surface area contributed by atoms with Crippen molar-refractivity contribution in [1.29, 1.82) is 0 Å². The molecular formula is C12H15N3O2S. The van der Waals surface area contributed by atoms with Crippen molar-refractivity contribution in [2.75, 3.05) is 0 Å². The first kappa shape index (κ1) is 12.8. The van der Waals surface area contributed by atoms with Crippen LogP contribution in [0.25, 0.3) is 0 Å². The van der Waals surface area contributed by atoms with E-state index < -0.39 is 0 Å². The van der Waals surface area contributed by atoms with Gasteiger partial charge in [-0.25, -0.2) is 0 Å². The van der Waals surface area contributed by atoms with Crippen LogP contribution in [0.4, 0.5) is 0 Å². The predicted molar refractivity (Wildman–Crippen MR) is 72.4 cm³/mol. The highest BCUT2D eigenvalue weighted by atomic mass is 32.1. The van der Waals surface area contributed by atoms with Gasteiger partial charge in [0.2, 0.25) is 0 Å². The van der Waals surface area contributed by atoms with Crippen LogP contribution in [0.3, 0.4) is 0 Å². The van der Waals surface area contributed by atoms with Crippen molar-refractivity contribution in [3.8, 4) is 0 Å². The maximum absolute atomic E-state index is 12.0. The largest absolute Gasteiger partial charge is 0.393 e. The molecule has 1 aromatic heterocycles. The molecule has 1 fully saturated rings. The maximum Gasteiger partial charge on any atom is 0.256 e. The van der Waals surface area contributed by atoms with E-state index in [1.807, 2.05) is 0 Å². The Hall–Kier alpha value is -1.69. The minimum atomic E-state index is -0.370. The number of aromatic amines is 1. The Morgan fingerprint density at radius 1 is 1.50 bits per heavy atom. The molecule has 0 saturated heterocycles. The number of hydrogen-bond donors (Lipinski definition) is 3. The molecule has 1 aliphatic carbocycles. The van der Waals surface area contributed by atoms with Gasteiger partial charge in [-0.15, -0.1) is 0 Å². The molecule has 5 nitrogen and oxygen atoms in total. The van der Waals surface area contributed by atoms with E-state index in [1.165, 1.54) is 18.5 Å². The van der Waals surface area contributed by atoms with Crippen LogP contribution >= 0.6 is 12.2 Å². The maximum atomic E-state index is 12.0. The SMILES string of the molecule is NC(=S)C1CCCC1NC(=O)c1c[nH]ccc1=O. The lowest BCUT2D eigenvalue weighted by molar-refractivity contribution is 0.0932. The van der Waals surface area contributed by atoms with Gasteiger partial charge in [0.05, 0.1) is 4.99 Å². The molecule has 96 valence electrons. The molecule has 0 bridgehead atoms. The third-order valence-electron chi connectivity index (χ3n) is 3.27. The van der Waals surface area contributed by atoms with Gasteiger partial charge in [-0.3, -0.25) is 9.59 Å². The number of amides is 1. The van der Waals surface area contributed by atoms with Crippen LogP contribution in [0.2, 0.25) is 0 Å². The summed E-state index contributed by atoms with van der Waals surface area (Å²) in [6.07, 6.45) is 5.62. The number of nitrogens with one attached hydrogen (secondary N) is 2. The second-order valence-electron chi connectivity index (χ2n) is 4.44. The van der Waals surface area contributed by atoms with E-state index in [2.05, 4.69) is 10.3 Å². The Morgan fingerprint density at radius 2 is 2.28 bits per heavy atom. The molecular weight excluding hydrogens is 250 g/mol. The molecule has 1 aliphatic rings. The van der Waals surface area contributed by atoms with E-state index in [1.54, 1.807) is 0 Å². The number of H-pyrrole nitrogens is 1. The van der Waals surface area contributed by atoms with E-state index in [4.69, 9.17) is 18.0 Å². The smallest absolute Gasteiger partial charge is 0.256 e. The van der Waals surface area contributed by atoms with Gasteiger partial charge in [0, 0.05) is 30.4 Å². The van der Waals surface area contributed by atoms with Gasteiger partial charge in [-0.2, -0.15) is 0 Å². The minimum Gasteiger partial charge on any atom is -0.393 e. The summed E-state index contributed by atoms with van der Waals surface area (Å²) >= 11 is 4.99. The van der Waals surface area contributed by atoms with Crippen LogP contribution in [0.15, 0.2) is 23.3 Å². The summed E-state index contributed by atoms with van der Waals surface area (Å²) in [5.41, 5.74) is 5.47. The summed E-state index contributed by atoms with van der Waals surface area (Å²) in [6.45, 7) is 0. The highest BCUT2D eigenvalue weighted by Gasteiger charge is 2.30. The second-order valence-corrected chi connectivity index (χ2v) is 4.91. The molecule has 1 aromatic rings. The van der Waals surface area contributed by atoms with Crippen LogP contribution in [0.5, 0.6) is 0 Å². The van der Waals surface area contributed by atoms with Gasteiger partial charge >= 0.3 is 0 Å². The fourth-order valence-corrected chi connectivity index (χ4v) is 2.60. The Kier molecular flexibility index (Phi) is 3.76. The van der Waals surface area contributed by atoms with Gasteiger partial charge in [0.1, 0.15) is 5.56 Å². The third-order valence-corrected chi connectivity index (χ3v) is 3.57. The zero-order valence-electron chi connectivity index (χ0n) is 9.81. The fraction of sp³-hybridized carbons (Fsp3) is 0.417. The molecule has 0 radical (unpaired) electrons. The van der Waals surface area contributed by atoms with Gasteiger partial charge in [-0.1, -0.05) is 18.6 Å². The van der Waals surface area contributed by atoms with Gasteiger partial charge < -0.3 is 16.0 Å². The first-order valence-corrected chi connectivity index (χ1v) is 6.27. The molecule has 0 spiro atoms. The van der Waals surface area contributed by atoms with Crippen LogP contribution in [0, 0.1) is 5.92 Å². The highest BCUT2D eigenvalue weighted by molar-refractivity contribution is 7.80. The lowest BCUT2D eigenvalue weighted by atomic mass is 10.0. The topological polar surface area (TPSA) is 88.0 Å². The molecule has 2 atom stereocenters. The highest BCUT2D eigenvalue weighted by Crippen LogP contribution is 2.26. The summed E-state index contributed by atoms with van der Waals surface area (Å²) in [6, 6.07) is 1.27. The van der Waals surface area contributed by atoms with Crippen molar-refractivity contribution in [3.63, 3.8) is 0 Å². The van der Waals surface area contributed by atoms with E-state index >= 15 is 0 Å². The number of rotatable bonds is 3. The molecule has 1 heterocycles. The summed E-state index contributed by atoms with van der Waals surface area (Å²) in [4.78, 5) is 26.7. The van der Waals surface area contributed by atoms with Crippen molar-refractivity contribution in [2.24, 2.45) is 11.7 Å². The van der Waals surface area contributed by atoms with E-state index in [9.17, 15) is 9.59 Å². The summed E-state index contributed by atoms with van der Waals surface area (Å²) in [7, 11) is 0. The van der Waals surface area contributed by atoms with Crippen LogP contribution < -0.4 is 16.5 Å². The molecule has 2 rings (SSSR count). The molecule has 1 saturated carbocycles. The molecule has 6 heteroatoms. The van der Waals surface area contributed by atoms with Gasteiger partial charge in [0.25, 0.3) is 5.91 Å². The zero-order chi connectivity index (χ0) is 13.1. The van der Waals surface area contributed by atoms with Crippen molar-refractivity contribution >= 4 is 23.1 Å². The number of hydrogen-bond acceptors (Lipinski definition) is 3. The van der Waals surface area contributed by atoms with Crippen molar-refractivity contribution in [1.82, 2.24) is 10.3 Å². The summed E-state index contributed by atoms with van der Waals surface area (Å²) < 4.78 is 0. The predicted octanol–water partition coefficient (Wildman–Crippen LogP) is 0.559. The Morgan fingerprint density at radius 3 is 2.94 bits per heavy atom. The van der Waals surface area contributed by atoms with Crippen LogP contribution in [-0.4, -0.2) is 21.9 Å². The molecule has 0 aromatic carbocycles. The average molecular weight is 265 g/mol. The average Bonchev–Trinajstić information content (AvgIpc) is 2.77.